The van der Waals surface area contributed by atoms with Crippen LogP contribution in [-0.2, 0) is 55.9 Å². The van der Waals surface area contributed by atoms with E-state index in [4.69, 9.17) is 74.4 Å². The number of aromatic nitrogens is 14. The van der Waals surface area contributed by atoms with E-state index in [-0.39, 0.29) is 119 Å². The van der Waals surface area contributed by atoms with Gasteiger partial charge < -0.3 is 55.6 Å². The maximum atomic E-state index is 14.5. The molecule has 125 heavy (non-hydrogen) atoms. The van der Waals surface area contributed by atoms with Gasteiger partial charge in [0.1, 0.15) is 67.9 Å². The van der Waals surface area contributed by atoms with Gasteiger partial charge in [-0.2, -0.15) is 30.6 Å². The van der Waals surface area contributed by atoms with E-state index in [9.17, 15) is 42.0 Å². The van der Waals surface area contributed by atoms with Crippen LogP contribution >= 0.6 is 103 Å². The van der Waals surface area contributed by atoms with Gasteiger partial charge >= 0.3 is 17.1 Å². The van der Waals surface area contributed by atoms with Crippen LogP contribution < -0.4 is 19.6 Å². The number of amides is 4. The van der Waals surface area contributed by atoms with Crippen molar-refractivity contribution in [3.63, 3.8) is 0 Å². The van der Waals surface area contributed by atoms with Crippen molar-refractivity contribution in [1.82, 2.24) is 89.2 Å². The number of carbonyl (C=O) groups is 4. The number of piperazine rings is 4. The molecule has 4 aliphatic heterocycles. The molecule has 29 nitrogen and oxygen atoms in total. The first-order chi connectivity index (χ1) is 59.5. The summed E-state index contributed by atoms with van der Waals surface area (Å²) in [7, 11) is 0. The standard InChI is InChI=1S/C22H21ClFN7O2.C21H20ClFN6O.C20H20ClFIN5O.C14H17Cl2FN2O.C6H4IN3.CN.Cu/c1-13-8-18(17(24)9-16(13)23)29-6-7-30(14(2)10-29)19(32)11-31-22-15(4-3-5-25-22)20(27-31)21-26-12-33-28-21;1-13-8-19(17(23)9-16(13)22)27-6-7-28(14(2)11-27)20(30)12-29-21-15(4-3-5-25-21)18(10-24)26-29;1-12-8-17(16(22)9-15(12)21)26-6-7-27(13(2)10-26)18(29)11-28-20-14(19(23)25-28)4-3-5-24-20;1-9-5-13(12(17)6-11(9)16)18-3-4-19(10(2)8-18)14(20)7-15;7-5-4-2-1-3-8-6(4)10-9-5;1-2;/h3-5,8-9,12,14H,6-7,10-11H2,1-2H3;3-5,8-9,14H,6-7,11-12H2,1-2H3;3-5,8-9,13H,6-7,10-11H2,1-2H3;5-6,10H,3-4,7-8H2,1-2H3;1-3H,(H,8,9,10);;/q;;;;;-1;+1/t2*14-;13-;10-;;;/m0000.../s1. The zero-order chi connectivity index (χ0) is 89.1. The first-order valence-electron chi connectivity index (χ1n) is 39.0. The van der Waals surface area contributed by atoms with Gasteiger partial charge in [0.05, 0.1) is 44.3 Å². The van der Waals surface area contributed by atoms with Crippen LogP contribution in [0.5, 0.6) is 0 Å². The van der Waals surface area contributed by atoms with Crippen molar-refractivity contribution < 1.29 is 58.3 Å². The number of nitrogens with one attached hydrogen (secondary N) is 1. The summed E-state index contributed by atoms with van der Waals surface area (Å²) in [5, 5.41) is 44.5. The summed E-state index contributed by atoms with van der Waals surface area (Å²) in [6.45, 7) is 26.4. The van der Waals surface area contributed by atoms with Crippen molar-refractivity contribution in [3.05, 3.63) is 214 Å². The number of H-pyrrole nitrogens is 1. The van der Waals surface area contributed by atoms with Gasteiger partial charge in [-0.1, -0.05) is 51.6 Å². The third kappa shape index (κ3) is 22.0. The van der Waals surface area contributed by atoms with Gasteiger partial charge in [-0.05, 0) is 220 Å². The molecule has 0 aliphatic carbocycles. The van der Waals surface area contributed by atoms with E-state index in [1.54, 1.807) is 91.3 Å². The van der Waals surface area contributed by atoms with Crippen LogP contribution in [0.4, 0.5) is 40.3 Å². The average molecular weight is 2080 g/mol. The summed E-state index contributed by atoms with van der Waals surface area (Å²) in [6.07, 6.45) is 7.92. The summed E-state index contributed by atoms with van der Waals surface area (Å²) < 4.78 is 68.8. The third-order valence-corrected chi connectivity index (χ3v) is 25.0. The Kier molecular flexibility index (Phi) is 32.7. The van der Waals surface area contributed by atoms with E-state index in [0.717, 1.165) is 51.5 Å². The Bertz CT molecular complexity index is 6140. The van der Waals surface area contributed by atoms with E-state index in [0.29, 0.717) is 155 Å². The number of alkyl halides is 1. The number of fused-ring (bicyclic) bond motifs is 4. The van der Waals surface area contributed by atoms with Gasteiger partial charge in [-0.3, -0.25) is 24.3 Å². The second-order valence-electron chi connectivity index (χ2n) is 29.7. The average Bonchev–Trinajstić information content (AvgIpc) is 1.61. The summed E-state index contributed by atoms with van der Waals surface area (Å²) in [5.41, 5.74) is 8.69. The summed E-state index contributed by atoms with van der Waals surface area (Å²) in [4.78, 5) is 86.9. The van der Waals surface area contributed by atoms with Crippen molar-refractivity contribution in [1.29, 1.82) is 10.5 Å². The van der Waals surface area contributed by atoms with E-state index in [1.807, 2.05) is 116 Å². The Morgan fingerprint density at radius 2 is 0.832 bits per heavy atom. The van der Waals surface area contributed by atoms with Crippen LogP contribution in [0.3, 0.4) is 0 Å². The van der Waals surface area contributed by atoms with Crippen LogP contribution in [0.2, 0.25) is 20.1 Å². The molecule has 4 aromatic carbocycles. The van der Waals surface area contributed by atoms with Crippen LogP contribution in [-0.4, -0.2) is 221 Å². The second kappa shape index (κ2) is 42.8. The largest absolute Gasteiger partial charge is 1.00 e. The van der Waals surface area contributed by atoms with Crippen LogP contribution in [0.25, 0.3) is 55.7 Å². The number of aromatic amines is 1. The molecule has 656 valence electrons. The molecular weight excluding hydrogens is 2000 g/mol. The van der Waals surface area contributed by atoms with E-state index in [1.165, 1.54) is 35.3 Å². The van der Waals surface area contributed by atoms with Crippen LogP contribution in [0.15, 0.2) is 133 Å². The van der Waals surface area contributed by atoms with Crippen molar-refractivity contribution >= 4 is 194 Å². The summed E-state index contributed by atoms with van der Waals surface area (Å²) >= 11 is 33.9. The molecule has 0 unspecified atom stereocenters. The molecule has 9 aromatic heterocycles. The minimum atomic E-state index is -0.365. The van der Waals surface area contributed by atoms with Gasteiger partial charge in [0.15, 0.2) is 28.3 Å². The van der Waals surface area contributed by atoms with E-state index < -0.39 is 0 Å². The number of carbonyl (C=O) groups excluding carboxylic acids is 4. The van der Waals surface area contributed by atoms with Crippen molar-refractivity contribution in [2.45, 2.75) is 99.2 Å². The molecular formula is C84H82Cl5CuF4I2N24O5. The Balaban J connectivity index is 0.000000156. The quantitative estimate of drug-likeness (QED) is 0.0390. The number of pyridine rings is 4. The third-order valence-electron chi connectivity index (χ3n) is 21.5. The molecule has 4 atom stereocenters. The molecule has 1 N–H and O–H groups in total. The number of rotatable bonds is 12. The normalized spacial score (nSPS) is 16.3. The Labute approximate surface area is 779 Å². The maximum absolute atomic E-state index is 14.5. The molecule has 41 heteroatoms. The fraction of sp³-hybridized carbons (Fsp3) is 0.333. The topological polar surface area (TPSA) is 314 Å². The summed E-state index contributed by atoms with van der Waals surface area (Å²) in [6, 6.07) is 29.0. The van der Waals surface area contributed by atoms with Gasteiger partial charge in [-0.15, -0.1) is 11.6 Å². The number of aryl methyl sites for hydroxylation is 4. The smallest absolute Gasteiger partial charge is 0.512 e. The van der Waals surface area contributed by atoms with E-state index in [2.05, 4.69) is 101 Å². The molecule has 4 amide bonds. The molecule has 0 spiro atoms. The Hall–Kier alpha value is -10.3. The van der Waals surface area contributed by atoms with Crippen molar-refractivity contribution in [2.24, 2.45) is 0 Å². The Morgan fingerprint density at radius 3 is 1.20 bits per heavy atom. The molecule has 4 aliphatic rings. The fourth-order valence-corrected chi connectivity index (χ4v) is 17.1. The number of halogens is 11. The Morgan fingerprint density at radius 1 is 0.488 bits per heavy atom. The molecule has 13 heterocycles. The zero-order valence-corrected chi connectivity index (χ0v) is 77.6. The minimum absolute atomic E-state index is 0. The van der Waals surface area contributed by atoms with Crippen LogP contribution in [0.1, 0.15) is 55.6 Å². The fourth-order valence-electron chi connectivity index (χ4n) is 15.1. The monoisotopic (exact) mass is 2070 g/mol. The number of anilines is 4. The molecule has 17 rings (SSSR count). The van der Waals surface area contributed by atoms with Gasteiger partial charge in [0.2, 0.25) is 35.8 Å². The molecule has 0 radical (unpaired) electrons. The van der Waals surface area contributed by atoms with Crippen molar-refractivity contribution in [3.8, 4) is 17.6 Å². The van der Waals surface area contributed by atoms with Gasteiger partial charge in [0, 0.05) is 148 Å². The van der Waals surface area contributed by atoms with E-state index >= 15 is 0 Å². The molecule has 0 saturated carbocycles. The zero-order valence-electron chi connectivity index (χ0n) is 68.5. The summed E-state index contributed by atoms with van der Waals surface area (Å²) in [5.74, 6) is -1.38. The number of benzene rings is 4. The number of hydrogen-bond acceptors (Lipinski definition) is 21. The second-order valence-corrected chi connectivity index (χ2v) is 33.7. The predicted octanol–water partition coefficient (Wildman–Crippen LogP) is 15.1. The molecule has 4 fully saturated rings. The SMILES string of the molecule is Cc1cc(N2CCN(C(=O)CCl)[C@@H](C)C2)c(F)cc1Cl.Cc1cc(N2CCN(C(=O)Cn3nc(-c4ncon4)c4cccnc43)[C@@H](C)C2)c(F)cc1Cl.Cc1cc(N2CCN(C(=O)Cn3nc(C#N)c4cccnc43)[C@@H](C)C2)c(F)cc1Cl.Cc1cc(N2CCN(C(=O)Cn3nc(I)c4cccnc43)[C@@H](C)C2)c(F)cc1Cl.Ic1[nH]nc2ncccc12.[C-]#N.[Cu+]. The van der Waals surface area contributed by atoms with Crippen LogP contribution in [0, 0.1) is 81.5 Å². The molecule has 13 aromatic rings. The first-order valence-corrected chi connectivity index (χ1v) is 43.2. The van der Waals surface area contributed by atoms with Crippen molar-refractivity contribution in [2.75, 3.05) is 104 Å². The maximum Gasteiger partial charge on any atom is 1.00 e. The number of nitrogens with zero attached hydrogens (tertiary/aromatic N) is 23. The molecule has 0 bridgehead atoms. The number of hydrogen-bond donors (Lipinski definition) is 1. The molecule has 4 saturated heterocycles. The minimum Gasteiger partial charge on any atom is -0.512 e. The number of nitriles is 1. The van der Waals surface area contributed by atoms with Gasteiger partial charge in [0.25, 0.3) is 0 Å². The first kappa shape index (κ1) is 95.4. The predicted molar refractivity (Wildman–Crippen MR) is 484 cm³/mol. The van der Waals surface area contributed by atoms with Gasteiger partial charge in [-0.25, -0.2) is 51.5 Å².